The molecule has 1 amide bonds. The van der Waals surface area contributed by atoms with Gasteiger partial charge in [-0.2, -0.15) is 0 Å². The van der Waals surface area contributed by atoms with E-state index in [1.807, 2.05) is 18.2 Å². The Morgan fingerprint density at radius 1 is 1.15 bits per heavy atom. The Balaban J connectivity index is 1.93. The predicted molar refractivity (Wildman–Crippen MR) is 101 cm³/mol. The molecule has 0 radical (unpaired) electrons. The summed E-state index contributed by atoms with van der Waals surface area (Å²) in [6, 6.07) is 15.9. The maximum atomic E-state index is 12.8. The standard InChI is InChI=1S/C20H19NO5S/c1-26-16-9-7-14(8-10-16)17-11-12-21(27(24)25)20(23)18(17)13-19(22)15-5-3-2-4-6-15/h2-12,17-18H,13H2,1H3,(H,24,25)/t17-,18+/m1/s1. The van der Waals surface area contributed by atoms with Crippen molar-refractivity contribution in [1.29, 1.82) is 0 Å². The molecule has 0 aliphatic carbocycles. The molecule has 2 aromatic carbocycles. The van der Waals surface area contributed by atoms with Gasteiger partial charge in [-0.05, 0) is 17.7 Å². The molecule has 27 heavy (non-hydrogen) atoms. The highest BCUT2D eigenvalue weighted by Crippen LogP contribution is 2.35. The van der Waals surface area contributed by atoms with Crippen LogP contribution in [0.25, 0.3) is 0 Å². The molecular formula is C20H19NO5S. The molecular weight excluding hydrogens is 366 g/mol. The van der Waals surface area contributed by atoms with Crippen molar-refractivity contribution < 1.29 is 23.1 Å². The second-order valence-corrected chi connectivity index (χ2v) is 6.99. The number of methoxy groups -OCH3 is 1. The lowest BCUT2D eigenvalue weighted by Crippen LogP contribution is -2.40. The number of hydrogen-bond donors (Lipinski definition) is 1. The summed E-state index contributed by atoms with van der Waals surface area (Å²) in [5.41, 5.74) is 1.33. The zero-order valence-electron chi connectivity index (χ0n) is 14.6. The fraction of sp³-hybridized carbons (Fsp3) is 0.200. The first-order valence-electron chi connectivity index (χ1n) is 8.36. The summed E-state index contributed by atoms with van der Waals surface area (Å²) in [6.07, 6.45) is 2.93. The van der Waals surface area contributed by atoms with E-state index >= 15 is 0 Å². The monoisotopic (exact) mass is 385 g/mol. The first-order chi connectivity index (χ1) is 13.0. The van der Waals surface area contributed by atoms with E-state index in [0.29, 0.717) is 11.3 Å². The molecule has 0 fully saturated rings. The van der Waals surface area contributed by atoms with Crippen molar-refractivity contribution in [1.82, 2.24) is 4.31 Å². The van der Waals surface area contributed by atoms with Gasteiger partial charge in [0.25, 0.3) is 11.3 Å². The Labute approximate surface area is 159 Å². The van der Waals surface area contributed by atoms with Gasteiger partial charge in [0.15, 0.2) is 5.78 Å². The van der Waals surface area contributed by atoms with Crippen molar-refractivity contribution >= 4 is 23.0 Å². The van der Waals surface area contributed by atoms with Crippen LogP contribution in [0.2, 0.25) is 0 Å². The van der Waals surface area contributed by atoms with Gasteiger partial charge < -0.3 is 4.74 Å². The normalized spacial score (nSPS) is 20.4. The van der Waals surface area contributed by atoms with E-state index in [-0.39, 0.29) is 18.1 Å². The van der Waals surface area contributed by atoms with E-state index in [2.05, 4.69) is 0 Å². The van der Waals surface area contributed by atoms with E-state index < -0.39 is 23.1 Å². The van der Waals surface area contributed by atoms with Crippen LogP contribution in [-0.2, 0) is 16.1 Å². The molecule has 2 aromatic rings. The van der Waals surface area contributed by atoms with Crippen LogP contribution in [0.15, 0.2) is 66.9 Å². The summed E-state index contributed by atoms with van der Waals surface area (Å²) in [4.78, 5) is 25.4. The molecule has 3 rings (SSSR count). The Morgan fingerprint density at radius 3 is 2.41 bits per heavy atom. The Morgan fingerprint density at radius 2 is 1.81 bits per heavy atom. The van der Waals surface area contributed by atoms with Crippen LogP contribution in [0.5, 0.6) is 5.75 Å². The molecule has 1 aliphatic heterocycles. The molecule has 7 heteroatoms. The third-order valence-electron chi connectivity index (χ3n) is 4.57. The number of Topliss-reactive ketones (excluding diaryl/α,β-unsaturated/α-hetero) is 1. The molecule has 0 saturated carbocycles. The number of amides is 1. The number of nitrogens with zero attached hydrogens (tertiary/aromatic N) is 1. The highest BCUT2D eigenvalue weighted by molar-refractivity contribution is 7.77. The van der Waals surface area contributed by atoms with E-state index in [4.69, 9.17) is 4.74 Å². The third kappa shape index (κ3) is 4.15. The van der Waals surface area contributed by atoms with Crippen LogP contribution < -0.4 is 4.74 Å². The molecule has 0 spiro atoms. The first-order valence-corrected chi connectivity index (χ1v) is 9.42. The predicted octanol–water partition coefficient (Wildman–Crippen LogP) is 3.16. The third-order valence-corrected chi connectivity index (χ3v) is 5.20. The lowest BCUT2D eigenvalue weighted by atomic mass is 9.80. The van der Waals surface area contributed by atoms with Crippen LogP contribution in [0.4, 0.5) is 0 Å². The van der Waals surface area contributed by atoms with Crippen molar-refractivity contribution in [3.05, 3.63) is 78.0 Å². The van der Waals surface area contributed by atoms with Crippen molar-refractivity contribution in [3.63, 3.8) is 0 Å². The van der Waals surface area contributed by atoms with Gasteiger partial charge in [0, 0.05) is 24.1 Å². The van der Waals surface area contributed by atoms with Crippen LogP contribution >= 0.6 is 0 Å². The number of rotatable bonds is 6. The smallest absolute Gasteiger partial charge is 0.268 e. The van der Waals surface area contributed by atoms with Gasteiger partial charge in [-0.1, -0.05) is 48.5 Å². The number of ketones is 1. The summed E-state index contributed by atoms with van der Waals surface area (Å²) < 4.78 is 26.7. The van der Waals surface area contributed by atoms with Gasteiger partial charge in [-0.15, -0.1) is 0 Å². The summed E-state index contributed by atoms with van der Waals surface area (Å²) >= 11 is -2.47. The fourth-order valence-corrected chi connectivity index (χ4v) is 3.61. The maximum Gasteiger partial charge on any atom is 0.268 e. The molecule has 1 heterocycles. The lowest BCUT2D eigenvalue weighted by Gasteiger charge is -2.31. The topological polar surface area (TPSA) is 83.9 Å². The van der Waals surface area contributed by atoms with Gasteiger partial charge in [0.05, 0.1) is 13.0 Å². The van der Waals surface area contributed by atoms with Crippen LogP contribution in [0, 0.1) is 5.92 Å². The average molecular weight is 385 g/mol. The van der Waals surface area contributed by atoms with Crippen LogP contribution in [0.1, 0.15) is 28.3 Å². The van der Waals surface area contributed by atoms with E-state index in [9.17, 15) is 18.4 Å². The second-order valence-electron chi connectivity index (χ2n) is 6.14. The molecule has 6 nitrogen and oxygen atoms in total. The highest BCUT2D eigenvalue weighted by atomic mass is 32.2. The van der Waals surface area contributed by atoms with Gasteiger partial charge in [0.1, 0.15) is 5.75 Å². The molecule has 1 aliphatic rings. The largest absolute Gasteiger partial charge is 0.497 e. The number of benzene rings is 2. The van der Waals surface area contributed by atoms with Crippen molar-refractivity contribution in [2.45, 2.75) is 12.3 Å². The van der Waals surface area contributed by atoms with Gasteiger partial charge in [-0.25, -0.2) is 8.51 Å². The zero-order chi connectivity index (χ0) is 19.4. The molecule has 140 valence electrons. The highest BCUT2D eigenvalue weighted by Gasteiger charge is 2.37. The summed E-state index contributed by atoms with van der Waals surface area (Å²) in [5.74, 6) is -1.21. The molecule has 0 saturated heterocycles. The average Bonchev–Trinajstić information content (AvgIpc) is 2.70. The number of ether oxygens (including phenoxy) is 1. The van der Waals surface area contributed by atoms with Crippen molar-refractivity contribution in [2.75, 3.05) is 7.11 Å². The van der Waals surface area contributed by atoms with E-state index in [1.165, 1.54) is 6.20 Å². The van der Waals surface area contributed by atoms with Crippen molar-refractivity contribution in [3.8, 4) is 5.75 Å². The molecule has 1 N–H and O–H groups in total. The molecule has 0 aromatic heterocycles. The van der Waals surface area contributed by atoms with Crippen molar-refractivity contribution in [2.24, 2.45) is 5.92 Å². The maximum absolute atomic E-state index is 12.8. The Bertz CT molecular complexity index is 879. The quantitative estimate of drug-likeness (QED) is 0.610. The number of allylic oxidation sites excluding steroid dienone is 1. The minimum atomic E-state index is -2.47. The first kappa shape index (κ1) is 19.0. The molecule has 1 unspecified atom stereocenters. The Hall–Kier alpha value is -2.77. The number of carbonyl (C=O) groups is 2. The summed E-state index contributed by atoms with van der Waals surface area (Å²) in [5, 5.41) is 0. The zero-order valence-corrected chi connectivity index (χ0v) is 15.5. The summed E-state index contributed by atoms with van der Waals surface area (Å²) in [6.45, 7) is 0. The molecule has 0 bridgehead atoms. The SMILES string of the molecule is COc1ccc([C@H]2C=CN(S(=O)O)C(=O)[C@H]2CC(=O)c2ccccc2)cc1. The lowest BCUT2D eigenvalue weighted by molar-refractivity contribution is -0.129. The van der Waals surface area contributed by atoms with Crippen LogP contribution in [-0.4, -0.2) is 31.9 Å². The van der Waals surface area contributed by atoms with Gasteiger partial charge in [0.2, 0.25) is 5.91 Å². The fourth-order valence-electron chi connectivity index (χ4n) is 3.15. The molecule has 3 atom stereocenters. The second kappa shape index (κ2) is 8.28. The minimum absolute atomic E-state index is 0.0580. The van der Waals surface area contributed by atoms with Gasteiger partial charge in [-0.3, -0.25) is 14.1 Å². The van der Waals surface area contributed by atoms with E-state index in [1.54, 1.807) is 49.6 Å². The van der Waals surface area contributed by atoms with Gasteiger partial charge >= 0.3 is 0 Å². The number of carbonyl (C=O) groups excluding carboxylic acids is 2. The minimum Gasteiger partial charge on any atom is -0.497 e. The Kier molecular flexibility index (Phi) is 5.83. The van der Waals surface area contributed by atoms with Crippen LogP contribution in [0.3, 0.4) is 0 Å². The number of hydrogen-bond acceptors (Lipinski definition) is 4. The van der Waals surface area contributed by atoms with E-state index in [0.717, 1.165) is 9.87 Å². The summed E-state index contributed by atoms with van der Waals surface area (Å²) in [7, 11) is 1.56.